The van der Waals surface area contributed by atoms with Gasteiger partial charge in [-0.2, -0.15) is 0 Å². The number of nitrogens with one attached hydrogen (secondary N) is 1. The summed E-state index contributed by atoms with van der Waals surface area (Å²) >= 11 is 0. The Morgan fingerprint density at radius 1 is 1.41 bits per heavy atom. The van der Waals surface area contributed by atoms with Gasteiger partial charge in [-0.05, 0) is 38.0 Å². The molecule has 0 aliphatic heterocycles. The van der Waals surface area contributed by atoms with Gasteiger partial charge in [-0.1, -0.05) is 24.2 Å². The summed E-state index contributed by atoms with van der Waals surface area (Å²) in [5, 5.41) is 6.91. The van der Waals surface area contributed by atoms with Crippen molar-refractivity contribution >= 4 is 11.6 Å². The zero-order valence-electron chi connectivity index (χ0n) is 13.5. The van der Waals surface area contributed by atoms with Crippen molar-refractivity contribution in [1.82, 2.24) is 5.16 Å². The SMILES string of the molecule is CCC(C(=O)Nc1cccc(COC)c1)c1c(C)noc1C. The maximum Gasteiger partial charge on any atom is 0.232 e. The number of hydrogen-bond donors (Lipinski definition) is 1. The lowest BCUT2D eigenvalue weighted by atomic mass is 9.94. The molecule has 2 rings (SSSR count). The fourth-order valence-corrected chi connectivity index (χ4v) is 2.64. The Labute approximate surface area is 130 Å². The molecule has 1 aromatic heterocycles. The molecule has 2 aromatic rings. The van der Waals surface area contributed by atoms with Crippen LogP contribution in [0.2, 0.25) is 0 Å². The molecule has 5 heteroatoms. The summed E-state index contributed by atoms with van der Waals surface area (Å²) in [4.78, 5) is 12.6. The second kappa shape index (κ2) is 7.22. The van der Waals surface area contributed by atoms with E-state index < -0.39 is 0 Å². The molecule has 0 aliphatic carbocycles. The van der Waals surface area contributed by atoms with E-state index in [4.69, 9.17) is 9.26 Å². The zero-order valence-corrected chi connectivity index (χ0v) is 13.5. The fraction of sp³-hybridized carbons (Fsp3) is 0.412. The number of aromatic nitrogens is 1. The highest BCUT2D eigenvalue weighted by atomic mass is 16.5. The molecule has 0 saturated carbocycles. The first-order chi connectivity index (χ1) is 10.6. The Morgan fingerprint density at radius 2 is 2.18 bits per heavy atom. The van der Waals surface area contributed by atoms with Crippen LogP contribution in [0.4, 0.5) is 5.69 Å². The molecular formula is C17H22N2O3. The van der Waals surface area contributed by atoms with Crippen LogP contribution in [0, 0.1) is 13.8 Å². The average molecular weight is 302 g/mol. The molecule has 1 aromatic carbocycles. The van der Waals surface area contributed by atoms with Gasteiger partial charge in [0.15, 0.2) is 0 Å². The summed E-state index contributed by atoms with van der Waals surface area (Å²) in [7, 11) is 1.65. The van der Waals surface area contributed by atoms with Gasteiger partial charge >= 0.3 is 0 Å². The van der Waals surface area contributed by atoms with Crippen LogP contribution in [-0.4, -0.2) is 18.2 Å². The third-order valence-electron chi connectivity index (χ3n) is 3.67. The first-order valence-electron chi connectivity index (χ1n) is 7.38. The Balaban J connectivity index is 2.18. The minimum absolute atomic E-state index is 0.0496. The minimum Gasteiger partial charge on any atom is -0.380 e. The Morgan fingerprint density at radius 3 is 2.77 bits per heavy atom. The van der Waals surface area contributed by atoms with Gasteiger partial charge in [0, 0.05) is 18.4 Å². The summed E-state index contributed by atoms with van der Waals surface area (Å²) in [5.74, 6) is 0.386. The van der Waals surface area contributed by atoms with Crippen molar-refractivity contribution in [2.45, 2.75) is 39.7 Å². The average Bonchev–Trinajstić information content (AvgIpc) is 2.81. The highest BCUT2D eigenvalue weighted by Crippen LogP contribution is 2.27. The van der Waals surface area contributed by atoms with Crippen molar-refractivity contribution < 1.29 is 14.1 Å². The van der Waals surface area contributed by atoms with E-state index in [1.807, 2.05) is 45.0 Å². The van der Waals surface area contributed by atoms with Crippen LogP contribution in [0.15, 0.2) is 28.8 Å². The number of carbonyl (C=O) groups excluding carboxylic acids is 1. The quantitative estimate of drug-likeness (QED) is 0.886. The molecular weight excluding hydrogens is 280 g/mol. The Hall–Kier alpha value is -2.14. The summed E-state index contributed by atoms with van der Waals surface area (Å²) in [6, 6.07) is 7.66. The van der Waals surface area contributed by atoms with Gasteiger partial charge < -0.3 is 14.6 Å². The Bertz CT molecular complexity index is 630. The summed E-state index contributed by atoms with van der Waals surface area (Å²) in [6.07, 6.45) is 0.687. The molecule has 118 valence electrons. The predicted octanol–water partition coefficient (Wildman–Crippen LogP) is 3.57. The van der Waals surface area contributed by atoms with E-state index in [2.05, 4.69) is 10.5 Å². The maximum absolute atomic E-state index is 12.6. The summed E-state index contributed by atoms with van der Waals surface area (Å²) in [5.41, 5.74) is 3.44. The van der Waals surface area contributed by atoms with Crippen LogP contribution in [0.5, 0.6) is 0 Å². The molecule has 0 bridgehead atoms. The number of hydrogen-bond acceptors (Lipinski definition) is 4. The highest BCUT2D eigenvalue weighted by molar-refractivity contribution is 5.96. The van der Waals surface area contributed by atoms with Crippen LogP contribution >= 0.6 is 0 Å². The van der Waals surface area contributed by atoms with Gasteiger partial charge in [-0.15, -0.1) is 0 Å². The second-order valence-corrected chi connectivity index (χ2v) is 5.32. The molecule has 0 aliphatic rings. The van der Waals surface area contributed by atoms with Crippen LogP contribution in [0.25, 0.3) is 0 Å². The van der Waals surface area contributed by atoms with E-state index in [1.165, 1.54) is 0 Å². The lowest BCUT2D eigenvalue weighted by Gasteiger charge is -2.15. The number of aryl methyl sites for hydroxylation is 2. The Kier molecular flexibility index (Phi) is 5.33. The molecule has 1 atom stereocenters. The largest absolute Gasteiger partial charge is 0.380 e. The van der Waals surface area contributed by atoms with Crippen LogP contribution in [0.1, 0.15) is 41.8 Å². The fourth-order valence-electron chi connectivity index (χ4n) is 2.64. The third kappa shape index (κ3) is 3.54. The molecule has 1 unspecified atom stereocenters. The number of carbonyl (C=O) groups is 1. The molecule has 0 fully saturated rings. The lowest BCUT2D eigenvalue weighted by molar-refractivity contribution is -0.117. The molecule has 0 spiro atoms. The molecule has 1 heterocycles. The van der Waals surface area contributed by atoms with Crippen LogP contribution < -0.4 is 5.32 Å². The minimum atomic E-state index is -0.266. The predicted molar refractivity (Wildman–Crippen MR) is 84.8 cm³/mol. The zero-order chi connectivity index (χ0) is 16.1. The van der Waals surface area contributed by atoms with Crippen molar-refractivity contribution in [3.8, 4) is 0 Å². The normalized spacial score (nSPS) is 12.2. The van der Waals surface area contributed by atoms with Gasteiger partial charge in [0.05, 0.1) is 18.2 Å². The smallest absolute Gasteiger partial charge is 0.232 e. The summed E-state index contributed by atoms with van der Waals surface area (Å²) < 4.78 is 10.3. The molecule has 1 amide bonds. The second-order valence-electron chi connectivity index (χ2n) is 5.32. The van der Waals surface area contributed by atoms with Crippen molar-refractivity contribution in [3.05, 3.63) is 46.8 Å². The van der Waals surface area contributed by atoms with Crippen molar-refractivity contribution in [3.63, 3.8) is 0 Å². The van der Waals surface area contributed by atoms with E-state index in [1.54, 1.807) is 7.11 Å². The number of anilines is 1. The van der Waals surface area contributed by atoms with Crippen molar-refractivity contribution in [2.75, 3.05) is 12.4 Å². The number of rotatable bonds is 6. The van der Waals surface area contributed by atoms with Gasteiger partial charge in [0.2, 0.25) is 5.91 Å². The first kappa shape index (κ1) is 16.2. The molecule has 5 nitrogen and oxygen atoms in total. The number of benzene rings is 1. The molecule has 1 N–H and O–H groups in total. The maximum atomic E-state index is 12.6. The van der Waals surface area contributed by atoms with Crippen molar-refractivity contribution in [1.29, 1.82) is 0 Å². The third-order valence-corrected chi connectivity index (χ3v) is 3.67. The van der Waals surface area contributed by atoms with Gasteiger partial charge in [-0.3, -0.25) is 4.79 Å². The van der Waals surface area contributed by atoms with Gasteiger partial charge in [0.25, 0.3) is 0 Å². The van der Waals surface area contributed by atoms with E-state index in [0.29, 0.717) is 18.8 Å². The standard InChI is InChI=1S/C17H22N2O3/c1-5-15(16-11(2)19-22-12(16)3)17(20)18-14-8-6-7-13(9-14)10-21-4/h6-9,15H,5,10H2,1-4H3,(H,18,20). The number of amides is 1. The van der Waals surface area contributed by atoms with Gasteiger partial charge in [0.1, 0.15) is 5.76 Å². The van der Waals surface area contributed by atoms with E-state index >= 15 is 0 Å². The van der Waals surface area contributed by atoms with E-state index in [-0.39, 0.29) is 11.8 Å². The first-order valence-corrected chi connectivity index (χ1v) is 7.38. The van der Waals surface area contributed by atoms with E-state index in [0.717, 1.165) is 22.5 Å². The molecule has 0 radical (unpaired) electrons. The number of ether oxygens (including phenoxy) is 1. The number of nitrogens with zero attached hydrogens (tertiary/aromatic N) is 1. The van der Waals surface area contributed by atoms with Gasteiger partial charge in [-0.25, -0.2) is 0 Å². The molecule has 0 saturated heterocycles. The summed E-state index contributed by atoms with van der Waals surface area (Å²) in [6.45, 7) is 6.20. The monoisotopic (exact) mass is 302 g/mol. The number of methoxy groups -OCH3 is 1. The van der Waals surface area contributed by atoms with Crippen molar-refractivity contribution in [2.24, 2.45) is 0 Å². The highest BCUT2D eigenvalue weighted by Gasteiger charge is 2.25. The topological polar surface area (TPSA) is 64.4 Å². The molecule has 22 heavy (non-hydrogen) atoms. The van der Waals surface area contributed by atoms with Crippen LogP contribution in [-0.2, 0) is 16.1 Å². The van der Waals surface area contributed by atoms with E-state index in [9.17, 15) is 4.79 Å². The van der Waals surface area contributed by atoms with Crippen LogP contribution in [0.3, 0.4) is 0 Å². The lowest BCUT2D eigenvalue weighted by Crippen LogP contribution is -2.21.